The van der Waals surface area contributed by atoms with Crippen molar-refractivity contribution >= 4 is 5.91 Å². The van der Waals surface area contributed by atoms with E-state index in [9.17, 15) is 4.79 Å². The molecule has 6 nitrogen and oxygen atoms in total. The molecule has 2 heterocycles. The van der Waals surface area contributed by atoms with E-state index in [4.69, 9.17) is 9.47 Å². The van der Waals surface area contributed by atoms with Crippen LogP contribution in [0.4, 0.5) is 0 Å². The van der Waals surface area contributed by atoms with E-state index in [-0.39, 0.29) is 18.1 Å². The van der Waals surface area contributed by atoms with E-state index in [1.807, 2.05) is 6.20 Å². The molecular formula is C15H23N3O3. The van der Waals surface area contributed by atoms with Crippen LogP contribution < -0.4 is 5.32 Å². The molecule has 116 valence electrons. The number of rotatable bonds is 7. The third-order valence-electron chi connectivity index (χ3n) is 4.64. The minimum atomic E-state index is 0.134. The summed E-state index contributed by atoms with van der Waals surface area (Å²) in [5, 5.41) is 9.87. The Bertz CT molecular complexity index is 463. The molecule has 0 unspecified atom stereocenters. The van der Waals surface area contributed by atoms with Gasteiger partial charge in [0.1, 0.15) is 0 Å². The zero-order chi connectivity index (χ0) is 14.7. The fraction of sp³-hybridized carbons (Fsp3) is 0.733. The van der Waals surface area contributed by atoms with Crippen molar-refractivity contribution in [2.75, 3.05) is 20.3 Å². The fourth-order valence-corrected chi connectivity index (χ4v) is 3.56. The summed E-state index contributed by atoms with van der Waals surface area (Å²) in [5.41, 5.74) is 1.15. The van der Waals surface area contributed by atoms with E-state index in [2.05, 4.69) is 15.5 Å². The van der Waals surface area contributed by atoms with Gasteiger partial charge in [0, 0.05) is 44.2 Å². The van der Waals surface area contributed by atoms with Gasteiger partial charge >= 0.3 is 0 Å². The normalized spacial score (nSPS) is 30.7. The number of aromatic nitrogens is 2. The maximum atomic E-state index is 12.1. The van der Waals surface area contributed by atoms with Crippen LogP contribution in [0, 0.1) is 11.8 Å². The van der Waals surface area contributed by atoms with Gasteiger partial charge < -0.3 is 14.8 Å². The Morgan fingerprint density at radius 2 is 2.52 bits per heavy atom. The maximum Gasteiger partial charge on any atom is 0.220 e. The molecule has 6 heteroatoms. The van der Waals surface area contributed by atoms with Crippen LogP contribution in [-0.2, 0) is 20.7 Å². The number of amides is 1. The van der Waals surface area contributed by atoms with Crippen LogP contribution in [0.2, 0.25) is 0 Å². The van der Waals surface area contributed by atoms with E-state index in [0.29, 0.717) is 24.9 Å². The molecule has 2 aliphatic rings. The highest BCUT2D eigenvalue weighted by Crippen LogP contribution is 2.43. The van der Waals surface area contributed by atoms with Crippen molar-refractivity contribution in [3.8, 4) is 0 Å². The molecule has 0 aromatic carbocycles. The van der Waals surface area contributed by atoms with Gasteiger partial charge in [0.05, 0.1) is 18.9 Å². The first-order chi connectivity index (χ1) is 10.3. The summed E-state index contributed by atoms with van der Waals surface area (Å²) in [7, 11) is 1.70. The van der Waals surface area contributed by atoms with Crippen molar-refractivity contribution < 1.29 is 14.3 Å². The minimum absolute atomic E-state index is 0.134. The first-order valence-electron chi connectivity index (χ1n) is 7.67. The van der Waals surface area contributed by atoms with Crippen molar-refractivity contribution in [2.24, 2.45) is 11.8 Å². The molecule has 3 rings (SSSR count). The Hall–Kier alpha value is -1.40. The lowest BCUT2D eigenvalue weighted by Gasteiger charge is -2.47. The average molecular weight is 293 g/mol. The molecular weight excluding hydrogens is 270 g/mol. The Kier molecular flexibility index (Phi) is 4.55. The van der Waals surface area contributed by atoms with Gasteiger partial charge in [0.25, 0.3) is 0 Å². The molecule has 1 aliphatic carbocycles. The van der Waals surface area contributed by atoms with Crippen LogP contribution in [0.5, 0.6) is 0 Å². The zero-order valence-electron chi connectivity index (χ0n) is 12.4. The number of nitrogens with zero attached hydrogens (tertiary/aromatic N) is 1. The van der Waals surface area contributed by atoms with E-state index < -0.39 is 0 Å². The predicted octanol–water partition coefficient (Wildman–Crippen LogP) is 0.898. The number of carbonyl (C=O) groups excluding carboxylic acids is 1. The summed E-state index contributed by atoms with van der Waals surface area (Å²) in [6.45, 7) is 1.46. The van der Waals surface area contributed by atoms with Gasteiger partial charge in [-0.15, -0.1) is 0 Å². The van der Waals surface area contributed by atoms with Crippen LogP contribution in [0.3, 0.4) is 0 Å². The lowest BCUT2D eigenvalue weighted by Crippen LogP contribution is -2.62. The smallest absolute Gasteiger partial charge is 0.220 e. The Labute approximate surface area is 124 Å². The number of methoxy groups -OCH3 is 1. The highest BCUT2D eigenvalue weighted by molar-refractivity contribution is 5.76. The topological polar surface area (TPSA) is 76.2 Å². The van der Waals surface area contributed by atoms with Gasteiger partial charge in [-0.2, -0.15) is 5.10 Å². The average Bonchev–Trinajstić information content (AvgIpc) is 3.12. The van der Waals surface area contributed by atoms with Crippen molar-refractivity contribution in [2.45, 2.75) is 37.8 Å². The molecule has 1 aliphatic heterocycles. The van der Waals surface area contributed by atoms with E-state index >= 15 is 0 Å². The molecule has 4 atom stereocenters. The second-order valence-corrected chi connectivity index (χ2v) is 5.96. The van der Waals surface area contributed by atoms with Crippen LogP contribution in [0.25, 0.3) is 0 Å². The largest absolute Gasteiger partial charge is 0.384 e. The molecule has 0 radical (unpaired) electrons. The summed E-state index contributed by atoms with van der Waals surface area (Å²) in [4.78, 5) is 12.1. The van der Waals surface area contributed by atoms with E-state index in [0.717, 1.165) is 31.4 Å². The van der Waals surface area contributed by atoms with Crippen molar-refractivity contribution in [1.82, 2.24) is 15.5 Å². The number of fused-ring (bicyclic) bond motifs is 1. The zero-order valence-corrected chi connectivity index (χ0v) is 12.4. The van der Waals surface area contributed by atoms with Crippen LogP contribution in [-0.4, -0.2) is 48.6 Å². The molecule has 2 fully saturated rings. The monoisotopic (exact) mass is 293 g/mol. The standard InChI is InChI=1S/C15H23N3O3/c1-20-9-12-14(11-5-6-21-15(11)12)18-13(19)4-2-3-10-7-16-17-8-10/h7-8,11-12,14-15H,2-6,9H2,1H3,(H,16,17)(H,18,19)/t11-,12+,14-,15-/m1/s1. The molecule has 0 bridgehead atoms. The lowest BCUT2D eigenvalue weighted by molar-refractivity contribution is -0.129. The number of aryl methyl sites for hydroxylation is 1. The summed E-state index contributed by atoms with van der Waals surface area (Å²) < 4.78 is 11.0. The molecule has 21 heavy (non-hydrogen) atoms. The van der Waals surface area contributed by atoms with Crippen LogP contribution >= 0.6 is 0 Å². The number of aromatic amines is 1. The molecule has 1 aromatic heterocycles. The van der Waals surface area contributed by atoms with Crippen molar-refractivity contribution in [3.63, 3.8) is 0 Å². The Morgan fingerprint density at radius 3 is 3.29 bits per heavy atom. The molecule has 0 spiro atoms. The van der Waals surface area contributed by atoms with Gasteiger partial charge in [-0.1, -0.05) is 0 Å². The van der Waals surface area contributed by atoms with Crippen molar-refractivity contribution in [1.29, 1.82) is 0 Å². The van der Waals surface area contributed by atoms with Crippen molar-refractivity contribution in [3.05, 3.63) is 18.0 Å². The first kappa shape index (κ1) is 14.5. The first-order valence-corrected chi connectivity index (χ1v) is 7.67. The molecule has 1 saturated carbocycles. The van der Waals surface area contributed by atoms with Crippen LogP contribution in [0.1, 0.15) is 24.8 Å². The van der Waals surface area contributed by atoms with E-state index in [1.165, 1.54) is 0 Å². The minimum Gasteiger partial charge on any atom is -0.384 e. The van der Waals surface area contributed by atoms with Gasteiger partial charge in [-0.05, 0) is 24.8 Å². The third-order valence-corrected chi connectivity index (χ3v) is 4.64. The Morgan fingerprint density at radius 1 is 1.62 bits per heavy atom. The Balaban J connectivity index is 1.43. The number of H-pyrrole nitrogens is 1. The quantitative estimate of drug-likeness (QED) is 0.783. The lowest BCUT2D eigenvalue weighted by atomic mass is 9.67. The molecule has 1 saturated heterocycles. The van der Waals surface area contributed by atoms with Gasteiger partial charge in [0.15, 0.2) is 0 Å². The summed E-state index contributed by atoms with van der Waals surface area (Å²) in [6.07, 6.45) is 7.28. The SMILES string of the molecule is COC[C@H]1[C@H](NC(=O)CCCc2cn[nH]c2)[C@H]2CCO[C@H]21. The predicted molar refractivity (Wildman–Crippen MR) is 76.7 cm³/mol. The van der Waals surface area contributed by atoms with Gasteiger partial charge in [-0.25, -0.2) is 0 Å². The number of carbonyl (C=O) groups is 1. The number of nitrogens with one attached hydrogen (secondary N) is 2. The third kappa shape index (κ3) is 3.11. The molecule has 2 N–H and O–H groups in total. The summed E-state index contributed by atoms with van der Waals surface area (Å²) in [6, 6.07) is 0.221. The summed E-state index contributed by atoms with van der Waals surface area (Å²) >= 11 is 0. The van der Waals surface area contributed by atoms with E-state index in [1.54, 1.807) is 13.3 Å². The number of hydrogen-bond acceptors (Lipinski definition) is 4. The van der Waals surface area contributed by atoms with Gasteiger partial charge in [-0.3, -0.25) is 9.89 Å². The molecule has 1 amide bonds. The highest BCUT2D eigenvalue weighted by atomic mass is 16.5. The maximum absolute atomic E-state index is 12.1. The van der Waals surface area contributed by atoms with Gasteiger partial charge in [0.2, 0.25) is 5.91 Å². The second-order valence-electron chi connectivity index (χ2n) is 5.96. The fourth-order valence-electron chi connectivity index (χ4n) is 3.56. The van der Waals surface area contributed by atoms with Crippen LogP contribution in [0.15, 0.2) is 12.4 Å². The highest BCUT2D eigenvalue weighted by Gasteiger charge is 2.54. The second kappa shape index (κ2) is 6.58. The molecule has 1 aromatic rings. The number of ether oxygens (including phenoxy) is 2. The summed E-state index contributed by atoms with van der Waals surface area (Å²) in [5.74, 6) is 0.915. The number of hydrogen-bond donors (Lipinski definition) is 2.